The number of H-pyrrole nitrogens is 1. The molecule has 0 aliphatic rings. The van der Waals surface area contributed by atoms with Gasteiger partial charge in [-0.05, 0) is 44.4 Å². The maximum absolute atomic E-state index is 12.6. The number of esters is 2. The van der Waals surface area contributed by atoms with E-state index < -0.39 is 23.9 Å². The van der Waals surface area contributed by atoms with Crippen LogP contribution in [0.3, 0.4) is 0 Å². The molecule has 184 valence electrons. The molecule has 1 aromatic heterocycles. The van der Waals surface area contributed by atoms with Crippen LogP contribution < -0.4 is 22.3 Å². The molecule has 2 aromatic rings. The van der Waals surface area contributed by atoms with Crippen LogP contribution in [0.15, 0.2) is 34.0 Å². The van der Waals surface area contributed by atoms with Crippen LogP contribution in [-0.2, 0) is 25.5 Å². The van der Waals surface area contributed by atoms with Gasteiger partial charge in [0.1, 0.15) is 16.8 Å². The van der Waals surface area contributed by atoms with Crippen molar-refractivity contribution in [3.05, 3.63) is 45.7 Å². The number of nitrogens with one attached hydrogen (secondary N) is 2. The Balaban J connectivity index is 1.95. The zero-order chi connectivity index (χ0) is 25.1. The number of aromatic amines is 1. The third kappa shape index (κ3) is 8.10. The van der Waals surface area contributed by atoms with Crippen LogP contribution in [0.5, 0.6) is 0 Å². The standard InChI is InChI=1S/C22H29N5O6S/c1-3-32-16(28)10-9-15(21(31)33-4-2)25-19(29)14-7-5-13(6-8-14)11-12-34-17-18(23)26-22(24)27-20(17)30/h5-8,15H,3-4,9-12H2,1-2H3,(H,25,29)(H5,23,24,26,27,30). The van der Waals surface area contributed by atoms with Gasteiger partial charge in [0.2, 0.25) is 5.95 Å². The molecule has 1 aromatic carbocycles. The van der Waals surface area contributed by atoms with E-state index in [1.807, 2.05) is 0 Å². The van der Waals surface area contributed by atoms with E-state index in [0.29, 0.717) is 22.6 Å². The summed E-state index contributed by atoms with van der Waals surface area (Å²) in [6.45, 7) is 3.74. The molecule has 0 fully saturated rings. The highest BCUT2D eigenvalue weighted by atomic mass is 32.2. The number of nitrogens with zero attached hydrogens (tertiary/aromatic N) is 1. The number of aromatic nitrogens is 2. The van der Waals surface area contributed by atoms with E-state index in [-0.39, 0.29) is 43.4 Å². The highest BCUT2D eigenvalue weighted by Crippen LogP contribution is 2.20. The largest absolute Gasteiger partial charge is 0.466 e. The van der Waals surface area contributed by atoms with Crippen LogP contribution in [-0.4, -0.2) is 52.8 Å². The van der Waals surface area contributed by atoms with E-state index in [1.165, 1.54) is 11.8 Å². The number of rotatable bonds is 12. The van der Waals surface area contributed by atoms with Crippen molar-refractivity contribution in [2.24, 2.45) is 0 Å². The fourth-order valence-corrected chi connectivity index (χ4v) is 3.88. The van der Waals surface area contributed by atoms with E-state index >= 15 is 0 Å². The third-order valence-corrected chi connectivity index (χ3v) is 5.68. The zero-order valence-corrected chi connectivity index (χ0v) is 19.9. The molecule has 0 bridgehead atoms. The third-order valence-electron chi connectivity index (χ3n) is 4.59. The van der Waals surface area contributed by atoms with Crippen LogP contribution in [0.1, 0.15) is 42.6 Å². The van der Waals surface area contributed by atoms with Crippen LogP contribution in [0.4, 0.5) is 11.8 Å². The molecule has 0 aliphatic heterocycles. The molecule has 0 radical (unpaired) electrons. The normalized spacial score (nSPS) is 11.5. The summed E-state index contributed by atoms with van der Waals surface area (Å²) in [6.07, 6.45) is 0.660. The van der Waals surface area contributed by atoms with Gasteiger partial charge >= 0.3 is 11.9 Å². The molecule has 1 atom stereocenters. The van der Waals surface area contributed by atoms with Crippen molar-refractivity contribution in [2.45, 2.75) is 44.0 Å². The zero-order valence-electron chi connectivity index (χ0n) is 19.1. The first-order valence-electron chi connectivity index (χ1n) is 10.7. The van der Waals surface area contributed by atoms with E-state index in [4.69, 9.17) is 20.9 Å². The molecular formula is C22H29N5O6S. The molecule has 2 rings (SSSR count). The van der Waals surface area contributed by atoms with Crippen LogP contribution >= 0.6 is 11.8 Å². The predicted octanol–water partition coefficient (Wildman–Crippen LogP) is 1.27. The SMILES string of the molecule is CCOC(=O)CCC(NC(=O)c1ccc(CCSc2c(N)nc(N)[nH]c2=O)cc1)C(=O)OCC. The Hall–Kier alpha value is -3.54. The Morgan fingerprint density at radius 3 is 2.41 bits per heavy atom. The number of carbonyl (C=O) groups is 3. The van der Waals surface area contributed by atoms with Crippen molar-refractivity contribution in [2.75, 3.05) is 30.4 Å². The minimum absolute atomic E-state index is 0.0227. The van der Waals surface area contributed by atoms with Gasteiger partial charge in [0.15, 0.2) is 0 Å². The van der Waals surface area contributed by atoms with Crippen molar-refractivity contribution in [3.8, 4) is 0 Å². The lowest BCUT2D eigenvalue weighted by molar-refractivity contribution is -0.146. The Morgan fingerprint density at radius 1 is 1.12 bits per heavy atom. The lowest BCUT2D eigenvalue weighted by Gasteiger charge is -2.17. The number of nitrogens with two attached hydrogens (primary N) is 2. The molecule has 12 heteroatoms. The van der Waals surface area contributed by atoms with Crippen molar-refractivity contribution in [3.63, 3.8) is 0 Å². The smallest absolute Gasteiger partial charge is 0.328 e. The average Bonchev–Trinajstić information content (AvgIpc) is 2.79. The minimum atomic E-state index is -0.968. The van der Waals surface area contributed by atoms with Crippen LogP contribution in [0.25, 0.3) is 0 Å². The van der Waals surface area contributed by atoms with Gasteiger partial charge in [-0.15, -0.1) is 11.8 Å². The summed E-state index contributed by atoms with van der Waals surface area (Å²) in [5, 5.41) is 2.62. The maximum atomic E-state index is 12.6. The van der Waals surface area contributed by atoms with Gasteiger partial charge in [0.05, 0.1) is 13.2 Å². The van der Waals surface area contributed by atoms with Crippen molar-refractivity contribution < 1.29 is 23.9 Å². The Morgan fingerprint density at radius 2 is 1.79 bits per heavy atom. The van der Waals surface area contributed by atoms with Crippen molar-refractivity contribution >= 4 is 41.4 Å². The monoisotopic (exact) mass is 491 g/mol. The summed E-state index contributed by atoms with van der Waals surface area (Å²) in [4.78, 5) is 55.0. The fourth-order valence-electron chi connectivity index (χ4n) is 2.96. The summed E-state index contributed by atoms with van der Waals surface area (Å²) in [5.41, 5.74) is 12.1. The fraction of sp³-hybridized carbons (Fsp3) is 0.409. The van der Waals surface area contributed by atoms with Crippen molar-refractivity contribution in [1.82, 2.24) is 15.3 Å². The molecule has 11 nitrogen and oxygen atoms in total. The van der Waals surface area contributed by atoms with Crippen LogP contribution in [0.2, 0.25) is 0 Å². The molecule has 1 unspecified atom stereocenters. The predicted molar refractivity (Wildman–Crippen MR) is 128 cm³/mol. The molecular weight excluding hydrogens is 462 g/mol. The number of nitrogen functional groups attached to an aromatic ring is 2. The number of amides is 1. The Bertz CT molecular complexity index is 1060. The molecule has 0 saturated heterocycles. The second-order valence-corrected chi connectivity index (χ2v) is 8.19. The number of hydrogen-bond donors (Lipinski definition) is 4. The molecule has 1 amide bonds. The van der Waals surface area contributed by atoms with Gasteiger partial charge in [-0.3, -0.25) is 19.4 Å². The molecule has 0 aliphatic carbocycles. The number of carbonyl (C=O) groups excluding carboxylic acids is 3. The molecule has 1 heterocycles. The summed E-state index contributed by atoms with van der Waals surface area (Å²) < 4.78 is 9.88. The van der Waals surface area contributed by atoms with E-state index in [2.05, 4.69) is 15.3 Å². The molecule has 6 N–H and O–H groups in total. The maximum Gasteiger partial charge on any atom is 0.328 e. The lowest BCUT2D eigenvalue weighted by Crippen LogP contribution is -2.42. The van der Waals surface area contributed by atoms with Gasteiger partial charge in [0, 0.05) is 17.7 Å². The first kappa shape index (κ1) is 26.7. The second kappa shape index (κ2) is 13.2. The van der Waals surface area contributed by atoms with E-state index in [9.17, 15) is 19.2 Å². The minimum Gasteiger partial charge on any atom is -0.466 e. The number of aryl methyl sites for hydroxylation is 1. The molecule has 34 heavy (non-hydrogen) atoms. The van der Waals surface area contributed by atoms with E-state index in [1.54, 1.807) is 38.1 Å². The van der Waals surface area contributed by atoms with Gasteiger partial charge in [-0.1, -0.05) is 12.1 Å². The number of ether oxygens (including phenoxy) is 2. The molecule has 0 spiro atoms. The second-order valence-electron chi connectivity index (χ2n) is 7.08. The quantitative estimate of drug-likeness (QED) is 0.249. The van der Waals surface area contributed by atoms with Crippen molar-refractivity contribution in [1.29, 1.82) is 0 Å². The summed E-state index contributed by atoms with van der Waals surface area (Å²) in [5.74, 6) is -0.922. The average molecular weight is 492 g/mol. The van der Waals surface area contributed by atoms with E-state index in [0.717, 1.165) is 5.56 Å². The number of hydrogen-bond acceptors (Lipinski definition) is 10. The lowest BCUT2D eigenvalue weighted by atomic mass is 10.1. The molecule has 0 saturated carbocycles. The highest BCUT2D eigenvalue weighted by molar-refractivity contribution is 7.99. The highest BCUT2D eigenvalue weighted by Gasteiger charge is 2.24. The van der Waals surface area contributed by atoms with Gasteiger partial charge in [0.25, 0.3) is 11.5 Å². The Labute approximate surface area is 201 Å². The number of thioether (sulfide) groups is 1. The van der Waals surface area contributed by atoms with Gasteiger partial charge in [-0.2, -0.15) is 4.98 Å². The summed E-state index contributed by atoms with van der Waals surface area (Å²) in [7, 11) is 0. The van der Waals surface area contributed by atoms with Crippen LogP contribution in [0, 0.1) is 0 Å². The topological polar surface area (TPSA) is 179 Å². The van der Waals surface area contributed by atoms with Gasteiger partial charge < -0.3 is 26.3 Å². The Kier molecular flexibility index (Phi) is 10.4. The summed E-state index contributed by atoms with van der Waals surface area (Å²) >= 11 is 1.26. The van der Waals surface area contributed by atoms with Gasteiger partial charge in [-0.25, -0.2) is 4.79 Å². The number of anilines is 2. The number of benzene rings is 1. The summed E-state index contributed by atoms with van der Waals surface area (Å²) in [6, 6.07) is 5.86. The first-order chi connectivity index (χ1) is 16.2. The first-order valence-corrected chi connectivity index (χ1v) is 11.7.